The van der Waals surface area contributed by atoms with Gasteiger partial charge in [0.15, 0.2) is 0 Å². The van der Waals surface area contributed by atoms with E-state index in [-0.39, 0.29) is 17.5 Å². The zero-order valence-electron chi connectivity index (χ0n) is 11.5. The van der Waals surface area contributed by atoms with E-state index in [2.05, 4.69) is 5.32 Å². The van der Waals surface area contributed by atoms with Crippen LogP contribution in [-0.2, 0) is 4.79 Å². The molecule has 0 aromatic rings. The van der Waals surface area contributed by atoms with E-state index in [9.17, 15) is 4.79 Å². The fourth-order valence-electron chi connectivity index (χ4n) is 4.98. The highest BCUT2D eigenvalue weighted by Crippen LogP contribution is 2.55. The van der Waals surface area contributed by atoms with E-state index in [0.29, 0.717) is 6.42 Å². The maximum Gasteiger partial charge on any atom is 0.220 e. The van der Waals surface area contributed by atoms with Crippen LogP contribution in [0.15, 0.2) is 0 Å². The second kappa shape index (κ2) is 4.52. The van der Waals surface area contributed by atoms with Crippen LogP contribution in [0.1, 0.15) is 58.3 Å². The third kappa shape index (κ3) is 2.42. The van der Waals surface area contributed by atoms with E-state index in [1.807, 2.05) is 6.92 Å². The van der Waals surface area contributed by atoms with Gasteiger partial charge < -0.3 is 11.1 Å². The van der Waals surface area contributed by atoms with E-state index >= 15 is 0 Å². The summed E-state index contributed by atoms with van der Waals surface area (Å²) < 4.78 is 0. The molecule has 3 N–H and O–H groups in total. The predicted octanol–water partition coefficient (Wildman–Crippen LogP) is 2.20. The first kappa shape index (κ1) is 12.5. The number of nitrogens with one attached hydrogen (secondary N) is 1. The van der Waals surface area contributed by atoms with Gasteiger partial charge in [-0.05, 0) is 69.6 Å². The van der Waals surface area contributed by atoms with Crippen LogP contribution in [0.2, 0.25) is 0 Å². The molecule has 3 heteroatoms. The average Bonchev–Trinajstić information content (AvgIpc) is 2.23. The molecule has 0 aliphatic heterocycles. The Balaban J connectivity index is 1.60. The monoisotopic (exact) mass is 250 g/mol. The van der Waals surface area contributed by atoms with E-state index in [1.165, 1.54) is 38.5 Å². The summed E-state index contributed by atoms with van der Waals surface area (Å²) in [6.45, 7) is 1.97. The first-order valence-electron chi connectivity index (χ1n) is 7.61. The second-order valence-electron chi connectivity index (χ2n) is 7.26. The van der Waals surface area contributed by atoms with Crippen LogP contribution in [0.5, 0.6) is 0 Å². The predicted molar refractivity (Wildman–Crippen MR) is 71.9 cm³/mol. The normalized spacial score (nSPS) is 42.9. The molecule has 4 saturated carbocycles. The highest BCUT2D eigenvalue weighted by Gasteiger charge is 2.51. The van der Waals surface area contributed by atoms with Crippen LogP contribution >= 0.6 is 0 Å². The smallest absolute Gasteiger partial charge is 0.220 e. The van der Waals surface area contributed by atoms with Crippen molar-refractivity contribution < 1.29 is 4.79 Å². The molecule has 4 aliphatic carbocycles. The SMILES string of the molecule is CC(N)CCC(=O)NC12CC3CC(CC(C3)C1)C2. The molecule has 102 valence electrons. The molecule has 3 nitrogen and oxygen atoms in total. The molecule has 0 aromatic heterocycles. The Bertz CT molecular complexity index is 302. The Labute approximate surface area is 110 Å². The van der Waals surface area contributed by atoms with Crippen molar-refractivity contribution in [3.05, 3.63) is 0 Å². The molecule has 0 radical (unpaired) electrons. The third-order valence-corrected chi connectivity index (χ3v) is 5.27. The van der Waals surface area contributed by atoms with Crippen LogP contribution in [-0.4, -0.2) is 17.5 Å². The fourth-order valence-corrected chi connectivity index (χ4v) is 4.98. The van der Waals surface area contributed by atoms with Crippen LogP contribution in [0.25, 0.3) is 0 Å². The molecule has 1 unspecified atom stereocenters. The summed E-state index contributed by atoms with van der Waals surface area (Å²) >= 11 is 0. The minimum absolute atomic E-state index is 0.132. The largest absolute Gasteiger partial charge is 0.351 e. The number of amides is 1. The van der Waals surface area contributed by atoms with Crippen LogP contribution in [0, 0.1) is 17.8 Å². The molecular formula is C15H26N2O. The van der Waals surface area contributed by atoms with E-state index < -0.39 is 0 Å². The lowest BCUT2D eigenvalue weighted by atomic mass is 9.53. The Morgan fingerprint density at radius 3 is 2.17 bits per heavy atom. The Kier molecular flexibility index (Phi) is 3.13. The van der Waals surface area contributed by atoms with Crippen LogP contribution in [0.4, 0.5) is 0 Å². The maximum atomic E-state index is 12.1. The van der Waals surface area contributed by atoms with Gasteiger partial charge in [0.1, 0.15) is 0 Å². The van der Waals surface area contributed by atoms with Gasteiger partial charge in [-0.1, -0.05) is 0 Å². The van der Waals surface area contributed by atoms with Gasteiger partial charge in [-0.15, -0.1) is 0 Å². The van der Waals surface area contributed by atoms with Gasteiger partial charge >= 0.3 is 0 Å². The number of hydrogen-bond donors (Lipinski definition) is 2. The number of nitrogens with two attached hydrogens (primary N) is 1. The molecule has 0 saturated heterocycles. The topological polar surface area (TPSA) is 55.1 Å². The minimum atomic E-state index is 0.132. The fraction of sp³-hybridized carbons (Fsp3) is 0.933. The van der Waals surface area contributed by atoms with Crippen LogP contribution in [0.3, 0.4) is 0 Å². The van der Waals surface area contributed by atoms with Crippen molar-refractivity contribution >= 4 is 5.91 Å². The third-order valence-electron chi connectivity index (χ3n) is 5.27. The van der Waals surface area contributed by atoms with Gasteiger partial charge in [0, 0.05) is 18.0 Å². The van der Waals surface area contributed by atoms with E-state index in [4.69, 9.17) is 5.73 Å². The molecule has 4 rings (SSSR count). The molecule has 18 heavy (non-hydrogen) atoms. The van der Waals surface area contributed by atoms with Gasteiger partial charge in [0.05, 0.1) is 0 Å². The standard InChI is InChI=1S/C15H26N2O/c1-10(16)2-3-14(18)17-15-7-11-4-12(8-15)6-13(5-11)9-15/h10-13H,2-9,16H2,1H3,(H,17,18). The van der Waals surface area contributed by atoms with Crippen molar-refractivity contribution in [3.8, 4) is 0 Å². The first-order valence-corrected chi connectivity index (χ1v) is 7.61. The van der Waals surface area contributed by atoms with Gasteiger partial charge in [0.2, 0.25) is 5.91 Å². The molecule has 4 aliphatic rings. The minimum Gasteiger partial charge on any atom is -0.351 e. The lowest BCUT2D eigenvalue weighted by molar-refractivity contribution is -0.127. The van der Waals surface area contributed by atoms with Crippen molar-refractivity contribution in [2.45, 2.75) is 69.9 Å². The lowest BCUT2D eigenvalue weighted by Crippen LogP contribution is -2.59. The first-order chi connectivity index (χ1) is 8.55. The van der Waals surface area contributed by atoms with Crippen LogP contribution < -0.4 is 11.1 Å². The number of rotatable bonds is 4. The highest BCUT2D eigenvalue weighted by atomic mass is 16.1. The summed E-state index contributed by atoms with van der Waals surface area (Å²) in [5, 5.41) is 3.39. The van der Waals surface area contributed by atoms with Gasteiger partial charge in [-0.25, -0.2) is 0 Å². The lowest BCUT2D eigenvalue weighted by Gasteiger charge is -2.57. The second-order valence-corrected chi connectivity index (χ2v) is 7.26. The number of hydrogen-bond acceptors (Lipinski definition) is 2. The molecule has 4 fully saturated rings. The van der Waals surface area contributed by atoms with Gasteiger partial charge in [-0.3, -0.25) is 4.79 Å². The van der Waals surface area contributed by atoms with Crippen molar-refractivity contribution in [3.63, 3.8) is 0 Å². The zero-order valence-corrected chi connectivity index (χ0v) is 11.5. The quantitative estimate of drug-likeness (QED) is 0.803. The van der Waals surface area contributed by atoms with E-state index in [0.717, 1.165) is 24.2 Å². The molecule has 1 atom stereocenters. The summed E-state index contributed by atoms with van der Waals surface area (Å²) in [6, 6.07) is 0.132. The van der Waals surface area contributed by atoms with Gasteiger partial charge in [-0.2, -0.15) is 0 Å². The molecule has 4 bridgehead atoms. The van der Waals surface area contributed by atoms with Crippen molar-refractivity contribution in [1.29, 1.82) is 0 Å². The molecule has 0 aromatic carbocycles. The molecule has 0 heterocycles. The molecular weight excluding hydrogens is 224 g/mol. The highest BCUT2D eigenvalue weighted by molar-refractivity contribution is 5.76. The summed E-state index contributed by atoms with van der Waals surface area (Å²) in [5.41, 5.74) is 5.89. The Morgan fingerprint density at radius 1 is 1.22 bits per heavy atom. The zero-order chi connectivity index (χ0) is 12.8. The number of carbonyl (C=O) groups is 1. The Hall–Kier alpha value is -0.570. The summed E-state index contributed by atoms with van der Waals surface area (Å²) in [5.74, 6) is 2.91. The van der Waals surface area contributed by atoms with Crippen molar-refractivity contribution in [2.75, 3.05) is 0 Å². The molecule has 1 amide bonds. The van der Waals surface area contributed by atoms with Crippen molar-refractivity contribution in [1.82, 2.24) is 5.32 Å². The summed E-state index contributed by atoms with van der Waals surface area (Å²) in [7, 11) is 0. The summed E-state index contributed by atoms with van der Waals surface area (Å²) in [6.07, 6.45) is 9.39. The number of carbonyl (C=O) groups excluding carboxylic acids is 1. The van der Waals surface area contributed by atoms with E-state index in [1.54, 1.807) is 0 Å². The summed E-state index contributed by atoms with van der Waals surface area (Å²) in [4.78, 5) is 12.1. The molecule has 0 spiro atoms. The maximum absolute atomic E-state index is 12.1. The van der Waals surface area contributed by atoms with Crippen molar-refractivity contribution in [2.24, 2.45) is 23.5 Å². The van der Waals surface area contributed by atoms with Gasteiger partial charge in [0.25, 0.3) is 0 Å². The average molecular weight is 250 g/mol. The Morgan fingerprint density at radius 2 is 1.72 bits per heavy atom.